The molecule has 17 heavy (non-hydrogen) atoms. The maximum atomic E-state index is 3.74. The molecule has 0 radical (unpaired) electrons. The molecule has 1 saturated carbocycles. The van der Waals surface area contributed by atoms with Crippen LogP contribution in [0.15, 0.2) is 18.2 Å². The van der Waals surface area contributed by atoms with Crippen molar-refractivity contribution >= 4 is 5.69 Å². The lowest BCUT2D eigenvalue weighted by Gasteiger charge is -2.22. The minimum atomic E-state index is 0.711. The lowest BCUT2D eigenvalue weighted by molar-refractivity contribution is 0.548. The Hall–Kier alpha value is -1.02. The lowest BCUT2D eigenvalue weighted by Crippen LogP contribution is -2.34. The molecular formula is C15H22N2. The predicted molar refractivity (Wildman–Crippen MR) is 72.7 cm³/mol. The van der Waals surface area contributed by atoms with Gasteiger partial charge in [0, 0.05) is 30.9 Å². The van der Waals surface area contributed by atoms with E-state index in [1.165, 1.54) is 49.2 Å². The van der Waals surface area contributed by atoms with E-state index >= 15 is 0 Å². The Morgan fingerprint density at radius 2 is 1.94 bits per heavy atom. The van der Waals surface area contributed by atoms with E-state index in [1.807, 2.05) is 0 Å². The predicted octanol–water partition coefficient (Wildman–Crippen LogP) is 2.63. The second kappa shape index (κ2) is 4.34. The summed E-state index contributed by atoms with van der Waals surface area (Å²) in [5, 5.41) is 3.74. The molecule has 2 heteroatoms. The van der Waals surface area contributed by atoms with Gasteiger partial charge in [-0.3, -0.25) is 0 Å². The summed E-state index contributed by atoms with van der Waals surface area (Å²) in [4.78, 5) is 2.54. The quantitative estimate of drug-likeness (QED) is 0.858. The van der Waals surface area contributed by atoms with Gasteiger partial charge >= 0.3 is 0 Å². The first kappa shape index (κ1) is 11.1. The molecule has 0 amide bonds. The van der Waals surface area contributed by atoms with Gasteiger partial charge in [0.25, 0.3) is 0 Å². The zero-order valence-corrected chi connectivity index (χ0v) is 10.9. The van der Waals surface area contributed by atoms with Gasteiger partial charge in [0.1, 0.15) is 0 Å². The zero-order chi connectivity index (χ0) is 11.8. The fourth-order valence-electron chi connectivity index (χ4n) is 2.78. The van der Waals surface area contributed by atoms with Crippen molar-refractivity contribution in [3.8, 4) is 0 Å². The molecule has 2 aliphatic rings. The summed E-state index contributed by atoms with van der Waals surface area (Å²) < 4.78 is 0. The van der Waals surface area contributed by atoms with Crippen molar-refractivity contribution in [3.63, 3.8) is 0 Å². The van der Waals surface area contributed by atoms with E-state index in [1.54, 1.807) is 0 Å². The molecule has 1 aromatic rings. The van der Waals surface area contributed by atoms with Crippen LogP contribution < -0.4 is 10.2 Å². The Balaban J connectivity index is 1.70. The van der Waals surface area contributed by atoms with Crippen LogP contribution >= 0.6 is 0 Å². The second-order valence-electron chi connectivity index (χ2n) is 5.59. The van der Waals surface area contributed by atoms with Gasteiger partial charge in [-0.2, -0.15) is 0 Å². The molecule has 0 bridgehead atoms. The SMILES string of the molecule is Cc1cccc(N2CCC(NC3CC3)C2)c1C. The van der Waals surface area contributed by atoms with Gasteiger partial charge in [0.05, 0.1) is 0 Å². The van der Waals surface area contributed by atoms with Gasteiger partial charge in [0.2, 0.25) is 0 Å². The van der Waals surface area contributed by atoms with Crippen LogP contribution in [0.25, 0.3) is 0 Å². The van der Waals surface area contributed by atoms with Crippen molar-refractivity contribution in [2.24, 2.45) is 0 Å². The summed E-state index contributed by atoms with van der Waals surface area (Å²) in [6.45, 7) is 6.83. The number of nitrogens with zero attached hydrogens (tertiary/aromatic N) is 1. The van der Waals surface area contributed by atoms with E-state index in [0.29, 0.717) is 6.04 Å². The van der Waals surface area contributed by atoms with Gasteiger partial charge in [-0.25, -0.2) is 0 Å². The molecule has 1 heterocycles. The summed E-state index contributed by atoms with van der Waals surface area (Å²) in [6.07, 6.45) is 4.07. The molecule has 1 unspecified atom stereocenters. The molecule has 1 aromatic carbocycles. The number of rotatable bonds is 3. The molecule has 0 aromatic heterocycles. The fraction of sp³-hybridized carbons (Fsp3) is 0.600. The second-order valence-corrected chi connectivity index (χ2v) is 5.59. The topological polar surface area (TPSA) is 15.3 Å². The molecule has 92 valence electrons. The maximum absolute atomic E-state index is 3.74. The van der Waals surface area contributed by atoms with Crippen molar-refractivity contribution in [1.82, 2.24) is 5.32 Å². The van der Waals surface area contributed by atoms with Crippen LogP contribution in [0.3, 0.4) is 0 Å². The van der Waals surface area contributed by atoms with Crippen molar-refractivity contribution in [2.45, 2.75) is 45.2 Å². The molecule has 0 spiro atoms. The van der Waals surface area contributed by atoms with Crippen LogP contribution in [0.1, 0.15) is 30.4 Å². The molecule has 1 N–H and O–H groups in total. The van der Waals surface area contributed by atoms with Crippen LogP contribution in [-0.4, -0.2) is 25.2 Å². The number of anilines is 1. The van der Waals surface area contributed by atoms with Crippen LogP contribution in [0.5, 0.6) is 0 Å². The number of nitrogens with one attached hydrogen (secondary N) is 1. The van der Waals surface area contributed by atoms with E-state index in [2.05, 4.69) is 42.3 Å². The van der Waals surface area contributed by atoms with Crippen LogP contribution in [0, 0.1) is 13.8 Å². The van der Waals surface area contributed by atoms with Gasteiger partial charge in [-0.05, 0) is 50.3 Å². The third-order valence-electron chi connectivity index (χ3n) is 4.15. The van der Waals surface area contributed by atoms with Gasteiger partial charge in [-0.15, -0.1) is 0 Å². The van der Waals surface area contributed by atoms with Crippen LogP contribution in [0.4, 0.5) is 5.69 Å². The Kier molecular flexibility index (Phi) is 2.83. The summed E-state index contributed by atoms with van der Waals surface area (Å²) in [5.74, 6) is 0. The number of hydrogen-bond donors (Lipinski definition) is 1. The fourth-order valence-corrected chi connectivity index (χ4v) is 2.78. The van der Waals surface area contributed by atoms with Crippen LogP contribution in [0.2, 0.25) is 0 Å². The average Bonchev–Trinajstić information content (AvgIpc) is 3.00. The van der Waals surface area contributed by atoms with E-state index in [0.717, 1.165) is 6.04 Å². The standard InChI is InChI=1S/C15H22N2/c1-11-4-3-5-15(12(11)2)17-9-8-14(10-17)16-13-6-7-13/h3-5,13-14,16H,6-10H2,1-2H3. The molecule has 1 aliphatic heterocycles. The van der Waals surface area contributed by atoms with Crippen molar-refractivity contribution in [2.75, 3.05) is 18.0 Å². The monoisotopic (exact) mass is 230 g/mol. The third-order valence-corrected chi connectivity index (χ3v) is 4.15. The molecule has 1 atom stereocenters. The first-order valence-electron chi connectivity index (χ1n) is 6.81. The Bertz CT molecular complexity index is 409. The summed E-state index contributed by atoms with van der Waals surface area (Å²) in [7, 11) is 0. The van der Waals surface area contributed by atoms with Gasteiger partial charge in [0.15, 0.2) is 0 Å². The minimum Gasteiger partial charge on any atom is -0.370 e. The largest absolute Gasteiger partial charge is 0.370 e. The van der Waals surface area contributed by atoms with Gasteiger partial charge in [-0.1, -0.05) is 12.1 Å². The van der Waals surface area contributed by atoms with Crippen molar-refractivity contribution < 1.29 is 0 Å². The first-order valence-corrected chi connectivity index (χ1v) is 6.81. The molecule has 2 nitrogen and oxygen atoms in total. The number of hydrogen-bond acceptors (Lipinski definition) is 2. The van der Waals surface area contributed by atoms with Gasteiger partial charge < -0.3 is 10.2 Å². The lowest BCUT2D eigenvalue weighted by atomic mass is 10.1. The molecule has 2 fully saturated rings. The maximum Gasteiger partial charge on any atom is 0.0399 e. The smallest absolute Gasteiger partial charge is 0.0399 e. The molecular weight excluding hydrogens is 208 g/mol. The molecule has 1 saturated heterocycles. The number of aryl methyl sites for hydroxylation is 1. The Labute approximate surface area is 104 Å². The highest BCUT2D eigenvalue weighted by atomic mass is 15.2. The highest BCUT2D eigenvalue weighted by Gasteiger charge is 2.29. The highest BCUT2D eigenvalue weighted by Crippen LogP contribution is 2.28. The van der Waals surface area contributed by atoms with E-state index in [-0.39, 0.29) is 0 Å². The summed E-state index contributed by atoms with van der Waals surface area (Å²) >= 11 is 0. The highest BCUT2D eigenvalue weighted by molar-refractivity contribution is 5.56. The molecule has 1 aliphatic carbocycles. The normalized spacial score (nSPS) is 24.4. The number of benzene rings is 1. The van der Waals surface area contributed by atoms with Crippen molar-refractivity contribution in [3.05, 3.63) is 29.3 Å². The van der Waals surface area contributed by atoms with E-state index in [4.69, 9.17) is 0 Å². The van der Waals surface area contributed by atoms with Crippen LogP contribution in [-0.2, 0) is 0 Å². The third kappa shape index (κ3) is 2.32. The Morgan fingerprint density at radius 1 is 1.12 bits per heavy atom. The summed E-state index contributed by atoms with van der Waals surface area (Å²) in [6, 6.07) is 8.19. The van der Waals surface area contributed by atoms with Crippen molar-refractivity contribution in [1.29, 1.82) is 0 Å². The molecule has 3 rings (SSSR count). The average molecular weight is 230 g/mol. The van der Waals surface area contributed by atoms with E-state index < -0.39 is 0 Å². The minimum absolute atomic E-state index is 0.711. The zero-order valence-electron chi connectivity index (χ0n) is 10.9. The summed E-state index contributed by atoms with van der Waals surface area (Å²) in [5.41, 5.74) is 4.28. The van der Waals surface area contributed by atoms with E-state index in [9.17, 15) is 0 Å². The first-order chi connectivity index (χ1) is 8.24. The Morgan fingerprint density at radius 3 is 2.71 bits per heavy atom.